The quantitative estimate of drug-likeness (QED) is 0.413. The van der Waals surface area contributed by atoms with Gasteiger partial charge >= 0.3 is 5.97 Å². The van der Waals surface area contributed by atoms with E-state index in [2.05, 4.69) is 4.98 Å². The lowest BCUT2D eigenvalue weighted by atomic mass is 9.97. The van der Waals surface area contributed by atoms with Crippen molar-refractivity contribution in [3.05, 3.63) is 76.8 Å². The average molecular weight is 566 g/mol. The van der Waals surface area contributed by atoms with Gasteiger partial charge in [0, 0.05) is 43.7 Å². The van der Waals surface area contributed by atoms with Crippen molar-refractivity contribution in [2.45, 2.75) is 51.2 Å². The molecule has 0 aliphatic carbocycles. The summed E-state index contributed by atoms with van der Waals surface area (Å²) in [7, 11) is 0. The highest BCUT2D eigenvalue weighted by Gasteiger charge is 2.35. The first-order valence-electron chi connectivity index (χ1n) is 13.2. The molecule has 2 aromatic carbocycles. The Balaban J connectivity index is 1.28. The van der Waals surface area contributed by atoms with E-state index in [1.807, 2.05) is 0 Å². The molecule has 8 nitrogen and oxygen atoms in total. The molecule has 1 fully saturated rings. The smallest absolute Gasteiger partial charge is 0.307 e. The van der Waals surface area contributed by atoms with Crippen LogP contribution in [0.4, 0.5) is 10.1 Å². The molecule has 2 aliphatic heterocycles. The number of aryl methyl sites for hydroxylation is 1. The number of aromatic nitrogens is 1. The summed E-state index contributed by atoms with van der Waals surface area (Å²) in [5, 5.41) is 9.49. The molecule has 2 aliphatic rings. The van der Waals surface area contributed by atoms with Gasteiger partial charge in [0.1, 0.15) is 17.7 Å². The van der Waals surface area contributed by atoms with Gasteiger partial charge in [0.25, 0.3) is 5.91 Å². The fourth-order valence-electron chi connectivity index (χ4n) is 5.40. The summed E-state index contributed by atoms with van der Waals surface area (Å²) >= 11 is 6.16. The fourth-order valence-corrected chi connectivity index (χ4v) is 5.56. The number of amides is 2. The molecule has 0 radical (unpaired) electrons. The van der Waals surface area contributed by atoms with Gasteiger partial charge in [0.2, 0.25) is 5.91 Å². The van der Waals surface area contributed by atoms with Gasteiger partial charge in [-0.3, -0.25) is 19.4 Å². The third-order valence-electron chi connectivity index (χ3n) is 7.32. The first-order chi connectivity index (χ1) is 19.2. The van der Waals surface area contributed by atoms with Crippen molar-refractivity contribution in [1.82, 2.24) is 9.88 Å². The molecule has 1 saturated heterocycles. The van der Waals surface area contributed by atoms with Gasteiger partial charge in [-0.1, -0.05) is 35.9 Å². The van der Waals surface area contributed by atoms with Gasteiger partial charge in [-0.05, 0) is 49.6 Å². The number of benzene rings is 2. The van der Waals surface area contributed by atoms with E-state index in [0.717, 1.165) is 11.4 Å². The molecule has 0 spiro atoms. The molecule has 0 saturated carbocycles. The molecule has 1 atom stereocenters. The number of para-hydroxylation sites is 1. The van der Waals surface area contributed by atoms with E-state index in [1.165, 1.54) is 12.1 Å². The summed E-state index contributed by atoms with van der Waals surface area (Å²) in [4.78, 5) is 44.9. The van der Waals surface area contributed by atoms with Crippen LogP contribution in [0, 0.1) is 5.82 Å². The maximum absolute atomic E-state index is 15.3. The maximum atomic E-state index is 15.3. The number of fused-ring (bicyclic) bond motifs is 1. The molecule has 1 aromatic heterocycles. The number of ether oxygens (including phenoxy) is 1. The third-order valence-corrected chi connectivity index (χ3v) is 7.53. The third kappa shape index (κ3) is 5.79. The van der Waals surface area contributed by atoms with E-state index in [-0.39, 0.29) is 23.9 Å². The molecule has 1 N–H and O–H groups in total. The van der Waals surface area contributed by atoms with Crippen LogP contribution in [-0.2, 0) is 16.0 Å². The Hall–Kier alpha value is -3.98. The highest BCUT2D eigenvalue weighted by atomic mass is 35.5. The summed E-state index contributed by atoms with van der Waals surface area (Å²) in [6.45, 7) is 2.42. The number of pyridine rings is 1. The normalized spacial score (nSPS) is 16.4. The minimum atomic E-state index is -0.975. The monoisotopic (exact) mass is 565 g/mol. The van der Waals surface area contributed by atoms with Gasteiger partial charge in [0.05, 0.1) is 28.4 Å². The Morgan fingerprint density at radius 3 is 2.62 bits per heavy atom. The SMILES string of the molecule is C[C@H](CC(=O)O)Oc1ccccc1-c1ccc(C(=O)N2CCC(N3C(=O)CCc4ncc(Cl)cc43)CC2)c(F)c1. The number of nitrogens with zero attached hydrogens (tertiary/aromatic N) is 3. The van der Waals surface area contributed by atoms with Gasteiger partial charge in [-0.25, -0.2) is 4.39 Å². The molecule has 0 bridgehead atoms. The van der Waals surface area contributed by atoms with Gasteiger partial charge in [-0.15, -0.1) is 0 Å². The number of aliphatic carboxylic acids is 1. The molecule has 3 heterocycles. The molecule has 3 aromatic rings. The van der Waals surface area contributed by atoms with Crippen LogP contribution in [0.5, 0.6) is 5.75 Å². The van der Waals surface area contributed by atoms with E-state index in [0.29, 0.717) is 60.7 Å². The van der Waals surface area contributed by atoms with Gasteiger partial charge in [-0.2, -0.15) is 0 Å². The Labute approximate surface area is 236 Å². The predicted octanol–water partition coefficient (Wildman–Crippen LogP) is 5.37. The number of likely N-dealkylation sites (tertiary alicyclic amines) is 1. The van der Waals surface area contributed by atoms with Crippen LogP contribution in [0.3, 0.4) is 0 Å². The lowest BCUT2D eigenvalue weighted by molar-refractivity contribution is -0.138. The second-order valence-corrected chi connectivity index (χ2v) is 10.6. The number of carbonyl (C=O) groups is 3. The molecule has 0 unspecified atom stereocenters. The number of carboxylic acid groups (broad SMARTS) is 1. The number of anilines is 1. The number of carbonyl (C=O) groups excluding carboxylic acids is 2. The molecule has 208 valence electrons. The van der Waals surface area contributed by atoms with Gasteiger partial charge in [0.15, 0.2) is 0 Å². The van der Waals surface area contributed by atoms with Gasteiger partial charge < -0.3 is 19.6 Å². The van der Waals surface area contributed by atoms with E-state index in [4.69, 9.17) is 21.4 Å². The average Bonchev–Trinajstić information content (AvgIpc) is 2.92. The van der Waals surface area contributed by atoms with Crippen LogP contribution in [0.15, 0.2) is 54.7 Å². The van der Waals surface area contributed by atoms with Crippen LogP contribution < -0.4 is 9.64 Å². The molecule has 10 heteroatoms. The van der Waals surface area contributed by atoms with Crippen molar-refractivity contribution in [2.75, 3.05) is 18.0 Å². The number of halogens is 2. The van der Waals surface area contributed by atoms with E-state index >= 15 is 4.39 Å². The standard InChI is InChI=1S/C30H29ClFN3O5/c1-18(14-29(37)38)40-27-5-3-2-4-22(27)19-6-7-23(24(32)15-19)30(39)34-12-10-21(11-13-34)35-26-16-20(31)17-33-25(26)8-9-28(35)36/h2-7,15-18,21H,8-14H2,1H3,(H,37,38)/t18-/m1/s1. The van der Waals surface area contributed by atoms with Crippen LogP contribution in [-0.4, -0.2) is 58.0 Å². The zero-order chi connectivity index (χ0) is 28.4. The summed E-state index contributed by atoms with van der Waals surface area (Å²) in [5.74, 6) is -1.58. The lowest BCUT2D eigenvalue weighted by Gasteiger charge is -2.40. The molecule has 40 heavy (non-hydrogen) atoms. The largest absolute Gasteiger partial charge is 0.489 e. The molecule has 2 amide bonds. The van der Waals surface area contributed by atoms with Crippen molar-refractivity contribution in [1.29, 1.82) is 0 Å². The van der Waals surface area contributed by atoms with Crippen LogP contribution in [0.25, 0.3) is 11.1 Å². The number of rotatable bonds is 7. The topological polar surface area (TPSA) is 100 Å². The highest BCUT2D eigenvalue weighted by molar-refractivity contribution is 6.30. The maximum Gasteiger partial charge on any atom is 0.307 e. The van der Waals surface area contributed by atoms with Crippen molar-refractivity contribution in [3.63, 3.8) is 0 Å². The number of hydrogen-bond donors (Lipinski definition) is 1. The summed E-state index contributed by atoms with van der Waals surface area (Å²) in [6.07, 6.45) is 2.91. The second kappa shape index (κ2) is 11.6. The van der Waals surface area contributed by atoms with Crippen molar-refractivity contribution in [2.24, 2.45) is 0 Å². The Kier molecular flexibility index (Phi) is 8.02. The minimum absolute atomic E-state index is 0.0181. The first kappa shape index (κ1) is 27.6. The summed E-state index contributed by atoms with van der Waals surface area (Å²) < 4.78 is 21.1. The van der Waals surface area contributed by atoms with Crippen LogP contribution >= 0.6 is 11.6 Å². The van der Waals surface area contributed by atoms with Crippen LogP contribution in [0.1, 0.15) is 48.7 Å². The zero-order valence-electron chi connectivity index (χ0n) is 22.0. The predicted molar refractivity (Wildman–Crippen MR) is 148 cm³/mol. The van der Waals surface area contributed by atoms with Crippen molar-refractivity contribution in [3.8, 4) is 16.9 Å². The number of hydrogen-bond acceptors (Lipinski definition) is 5. The Bertz CT molecular complexity index is 1460. The molecule has 5 rings (SSSR count). The van der Waals surface area contributed by atoms with E-state index in [9.17, 15) is 14.4 Å². The number of piperidine rings is 1. The lowest BCUT2D eigenvalue weighted by Crippen LogP contribution is -2.50. The first-order valence-corrected chi connectivity index (χ1v) is 13.6. The second-order valence-electron chi connectivity index (χ2n) is 10.1. The van der Waals surface area contributed by atoms with E-state index < -0.39 is 23.8 Å². The number of carboxylic acids is 1. The fraction of sp³-hybridized carbons (Fsp3) is 0.333. The zero-order valence-corrected chi connectivity index (χ0v) is 22.7. The Morgan fingerprint density at radius 2 is 1.90 bits per heavy atom. The van der Waals surface area contributed by atoms with Crippen molar-refractivity contribution < 1.29 is 28.6 Å². The Morgan fingerprint density at radius 1 is 1.15 bits per heavy atom. The molecular formula is C30H29ClFN3O5. The summed E-state index contributed by atoms with van der Waals surface area (Å²) in [6, 6.07) is 13.1. The van der Waals surface area contributed by atoms with Crippen molar-refractivity contribution >= 4 is 35.1 Å². The molecular weight excluding hydrogens is 537 g/mol. The minimum Gasteiger partial charge on any atom is -0.489 e. The highest BCUT2D eigenvalue weighted by Crippen LogP contribution is 2.35. The van der Waals surface area contributed by atoms with Crippen LogP contribution in [0.2, 0.25) is 5.02 Å². The van der Waals surface area contributed by atoms with E-state index in [1.54, 1.807) is 59.3 Å². The summed E-state index contributed by atoms with van der Waals surface area (Å²) in [5.41, 5.74) is 2.65.